The number of aryl methyl sites for hydroxylation is 2. The minimum atomic E-state index is -0.272. The van der Waals surface area contributed by atoms with E-state index in [4.69, 9.17) is 4.52 Å². The molecule has 0 N–H and O–H groups in total. The van der Waals surface area contributed by atoms with E-state index >= 15 is 0 Å². The zero-order valence-electron chi connectivity index (χ0n) is 11.7. The summed E-state index contributed by atoms with van der Waals surface area (Å²) in [5.41, 5.74) is 4.39. The molecule has 0 aliphatic rings. The summed E-state index contributed by atoms with van der Waals surface area (Å²) in [6, 6.07) is 12.4. The van der Waals surface area contributed by atoms with Crippen LogP contribution < -0.4 is 0 Å². The van der Waals surface area contributed by atoms with Crippen molar-refractivity contribution in [2.24, 2.45) is 0 Å². The molecule has 0 radical (unpaired) electrons. The van der Waals surface area contributed by atoms with Gasteiger partial charge in [-0.3, -0.25) is 0 Å². The van der Waals surface area contributed by atoms with E-state index in [2.05, 4.69) is 21.1 Å². The number of nitrogens with zero attached hydrogens (tertiary/aromatic N) is 1. The molecule has 0 saturated heterocycles. The third kappa shape index (κ3) is 2.63. The normalized spacial score (nSPS) is 10.9. The smallest absolute Gasteiger partial charge is 0.142 e. The average molecular weight is 346 g/mol. The molecule has 0 saturated carbocycles. The first-order valence-electron chi connectivity index (χ1n) is 6.55. The number of hydrogen-bond acceptors (Lipinski definition) is 2. The quantitative estimate of drug-likeness (QED) is 0.610. The van der Waals surface area contributed by atoms with Crippen LogP contribution in [0.2, 0.25) is 0 Å². The van der Waals surface area contributed by atoms with Gasteiger partial charge in [0.05, 0.1) is 5.56 Å². The van der Waals surface area contributed by atoms with Crippen LogP contribution in [0.4, 0.5) is 4.39 Å². The highest BCUT2D eigenvalue weighted by Crippen LogP contribution is 2.35. The summed E-state index contributed by atoms with van der Waals surface area (Å²) in [7, 11) is 0. The van der Waals surface area contributed by atoms with Crippen LogP contribution >= 0.6 is 15.9 Å². The Morgan fingerprint density at radius 3 is 2.57 bits per heavy atom. The molecule has 0 unspecified atom stereocenters. The summed E-state index contributed by atoms with van der Waals surface area (Å²) in [6.07, 6.45) is 0. The largest absolute Gasteiger partial charge is 0.360 e. The molecule has 0 atom stereocenters. The molecular weight excluding hydrogens is 333 g/mol. The third-order valence-corrected chi connectivity index (χ3v) is 4.30. The lowest BCUT2D eigenvalue weighted by molar-refractivity contribution is 0.400. The lowest BCUT2D eigenvalue weighted by Gasteiger charge is -2.05. The lowest BCUT2D eigenvalue weighted by Crippen LogP contribution is -1.87. The van der Waals surface area contributed by atoms with Crippen LogP contribution in [0.5, 0.6) is 0 Å². The highest BCUT2D eigenvalue weighted by Gasteiger charge is 2.17. The Kier molecular flexibility index (Phi) is 3.64. The van der Waals surface area contributed by atoms with Crippen molar-refractivity contribution >= 4 is 15.9 Å². The van der Waals surface area contributed by atoms with Crippen molar-refractivity contribution in [2.75, 3.05) is 0 Å². The summed E-state index contributed by atoms with van der Waals surface area (Å²) >= 11 is 3.49. The van der Waals surface area contributed by atoms with Gasteiger partial charge < -0.3 is 4.52 Å². The molecule has 1 aromatic heterocycles. The van der Waals surface area contributed by atoms with Gasteiger partial charge in [-0.15, -0.1) is 0 Å². The standard InChI is InChI=1S/C17H13BrFNO/c1-10-8-13(6-7-15(10)18)17-16(11(2)21-20-17)12-4-3-5-14(19)9-12/h3-9H,1-2H3. The van der Waals surface area contributed by atoms with E-state index in [1.165, 1.54) is 12.1 Å². The van der Waals surface area contributed by atoms with Crippen LogP contribution in [-0.2, 0) is 0 Å². The van der Waals surface area contributed by atoms with Gasteiger partial charge in [-0.1, -0.05) is 39.3 Å². The Bertz CT molecular complexity index is 810. The molecule has 0 amide bonds. The molecule has 0 aliphatic carbocycles. The molecule has 2 nitrogen and oxygen atoms in total. The Balaban J connectivity index is 2.19. The molecule has 4 heteroatoms. The molecule has 1 heterocycles. The van der Waals surface area contributed by atoms with Gasteiger partial charge in [0.1, 0.15) is 17.3 Å². The van der Waals surface area contributed by atoms with Gasteiger partial charge in [0.2, 0.25) is 0 Å². The second-order valence-corrected chi connectivity index (χ2v) is 5.79. The Morgan fingerprint density at radius 2 is 1.86 bits per heavy atom. The molecule has 3 rings (SSSR count). The topological polar surface area (TPSA) is 26.0 Å². The summed E-state index contributed by atoms with van der Waals surface area (Å²) in [5.74, 6) is 0.405. The Labute approximate surface area is 130 Å². The number of benzene rings is 2. The van der Waals surface area contributed by atoms with Crippen molar-refractivity contribution in [3.05, 3.63) is 64.1 Å². The number of hydrogen-bond donors (Lipinski definition) is 0. The van der Waals surface area contributed by atoms with Crippen LogP contribution in [0.3, 0.4) is 0 Å². The monoisotopic (exact) mass is 345 g/mol. The average Bonchev–Trinajstić information content (AvgIpc) is 2.84. The second-order valence-electron chi connectivity index (χ2n) is 4.94. The summed E-state index contributed by atoms with van der Waals surface area (Å²) in [5, 5.41) is 4.15. The molecule has 2 aromatic carbocycles. The molecule has 0 bridgehead atoms. The summed E-state index contributed by atoms with van der Waals surface area (Å²) in [6.45, 7) is 3.85. The summed E-state index contributed by atoms with van der Waals surface area (Å²) < 4.78 is 19.9. The molecule has 0 fully saturated rings. The minimum absolute atomic E-state index is 0.272. The van der Waals surface area contributed by atoms with Crippen molar-refractivity contribution in [2.45, 2.75) is 13.8 Å². The van der Waals surface area contributed by atoms with E-state index < -0.39 is 0 Å². The maximum Gasteiger partial charge on any atom is 0.142 e. The fourth-order valence-corrected chi connectivity index (χ4v) is 2.59. The number of aromatic nitrogens is 1. The number of halogens is 2. The van der Waals surface area contributed by atoms with Gasteiger partial charge in [0.15, 0.2) is 0 Å². The fourth-order valence-electron chi connectivity index (χ4n) is 2.35. The first kappa shape index (κ1) is 14.0. The van der Waals surface area contributed by atoms with Gasteiger partial charge in [-0.2, -0.15) is 0 Å². The fraction of sp³-hybridized carbons (Fsp3) is 0.118. The van der Waals surface area contributed by atoms with Crippen LogP contribution in [0.1, 0.15) is 11.3 Å². The number of rotatable bonds is 2. The highest BCUT2D eigenvalue weighted by molar-refractivity contribution is 9.10. The first-order chi connectivity index (χ1) is 10.1. The van der Waals surface area contributed by atoms with Gasteiger partial charge in [0, 0.05) is 10.0 Å². The molecule has 0 aliphatic heterocycles. The maximum absolute atomic E-state index is 13.5. The zero-order valence-corrected chi connectivity index (χ0v) is 13.2. The van der Waals surface area contributed by atoms with Crippen LogP contribution in [-0.4, -0.2) is 5.16 Å². The van der Waals surface area contributed by atoms with E-state index in [-0.39, 0.29) is 5.82 Å². The first-order valence-corrected chi connectivity index (χ1v) is 7.34. The molecule has 0 spiro atoms. The van der Waals surface area contributed by atoms with Crippen molar-refractivity contribution < 1.29 is 8.91 Å². The van der Waals surface area contributed by atoms with Gasteiger partial charge in [-0.05, 0) is 49.2 Å². The molecular formula is C17H13BrFNO. The third-order valence-electron chi connectivity index (χ3n) is 3.41. The highest BCUT2D eigenvalue weighted by atomic mass is 79.9. The molecule has 3 aromatic rings. The second kappa shape index (κ2) is 5.45. The minimum Gasteiger partial charge on any atom is -0.360 e. The zero-order chi connectivity index (χ0) is 15.0. The van der Waals surface area contributed by atoms with Crippen LogP contribution in [0.15, 0.2) is 51.5 Å². The summed E-state index contributed by atoms with van der Waals surface area (Å²) in [4.78, 5) is 0. The predicted molar refractivity (Wildman–Crippen MR) is 84.5 cm³/mol. The van der Waals surface area contributed by atoms with Gasteiger partial charge in [0.25, 0.3) is 0 Å². The van der Waals surface area contributed by atoms with Crippen LogP contribution in [0.25, 0.3) is 22.4 Å². The van der Waals surface area contributed by atoms with Crippen LogP contribution in [0, 0.1) is 19.7 Å². The van der Waals surface area contributed by atoms with E-state index in [1.54, 1.807) is 6.07 Å². The maximum atomic E-state index is 13.5. The predicted octanol–water partition coefficient (Wildman–Crippen LogP) is 5.53. The Morgan fingerprint density at radius 1 is 1.05 bits per heavy atom. The van der Waals surface area contributed by atoms with Crippen molar-refractivity contribution in [3.8, 4) is 22.4 Å². The lowest BCUT2D eigenvalue weighted by atomic mass is 9.98. The van der Waals surface area contributed by atoms with Gasteiger partial charge in [-0.25, -0.2) is 4.39 Å². The van der Waals surface area contributed by atoms with Gasteiger partial charge >= 0.3 is 0 Å². The van der Waals surface area contributed by atoms with E-state index in [9.17, 15) is 4.39 Å². The molecule has 106 valence electrons. The van der Waals surface area contributed by atoms with E-state index in [0.29, 0.717) is 5.76 Å². The molecule has 21 heavy (non-hydrogen) atoms. The van der Waals surface area contributed by atoms with Crippen molar-refractivity contribution in [3.63, 3.8) is 0 Å². The SMILES string of the molecule is Cc1cc(-c2noc(C)c2-c2cccc(F)c2)ccc1Br. The van der Waals surface area contributed by atoms with E-state index in [1.807, 2.05) is 38.1 Å². The Hall–Kier alpha value is -1.94. The van der Waals surface area contributed by atoms with Crippen molar-refractivity contribution in [1.82, 2.24) is 5.16 Å². The van der Waals surface area contributed by atoms with E-state index in [0.717, 1.165) is 32.4 Å². The van der Waals surface area contributed by atoms with Crippen molar-refractivity contribution in [1.29, 1.82) is 0 Å².